The van der Waals surface area contributed by atoms with E-state index in [2.05, 4.69) is 149 Å². The highest BCUT2D eigenvalue weighted by molar-refractivity contribution is 7.91. The molecule has 2 aromatic rings. The molecule has 2 heteroatoms. The quantitative estimate of drug-likeness (QED) is 0.267. The lowest BCUT2D eigenvalue weighted by molar-refractivity contribution is 0.476. The van der Waals surface area contributed by atoms with Crippen molar-refractivity contribution < 1.29 is 0 Å². The molecular formula is C39H64P2. The zero-order chi connectivity index (χ0) is 32.0. The molecule has 0 aromatic heterocycles. The van der Waals surface area contributed by atoms with Gasteiger partial charge in [-0.1, -0.05) is 149 Å². The number of benzene rings is 2. The molecule has 0 heterocycles. The molecule has 2 aromatic carbocycles. The molecule has 0 aliphatic rings. The first kappa shape index (κ1) is 36.2. The Morgan fingerprint density at radius 3 is 0.951 bits per heavy atom. The fourth-order valence-electron chi connectivity index (χ4n) is 5.17. The molecule has 0 saturated carbocycles. The molecule has 0 radical (unpaired) electrons. The Bertz CT molecular complexity index is 1180. The molecule has 230 valence electrons. The van der Waals surface area contributed by atoms with Crippen molar-refractivity contribution in [1.29, 1.82) is 0 Å². The molecule has 41 heavy (non-hydrogen) atoms. The Morgan fingerprint density at radius 1 is 0.390 bits per heavy atom. The minimum Gasteiger partial charge on any atom is -0.0646 e. The van der Waals surface area contributed by atoms with Crippen LogP contribution in [0, 0.1) is 0 Å². The normalized spacial score (nSPS) is 14.3. The van der Waals surface area contributed by atoms with Crippen molar-refractivity contribution in [3.63, 3.8) is 0 Å². The van der Waals surface area contributed by atoms with Gasteiger partial charge < -0.3 is 0 Å². The predicted octanol–water partition coefficient (Wildman–Crippen LogP) is 12.4. The van der Waals surface area contributed by atoms with E-state index in [1.54, 1.807) is 16.4 Å². The van der Waals surface area contributed by atoms with Crippen molar-refractivity contribution in [3.05, 3.63) is 57.6 Å². The minimum atomic E-state index is 0.0746. The first-order chi connectivity index (χ1) is 18.3. The highest BCUT2D eigenvalue weighted by atomic mass is 31.7. The fraction of sp³-hybridized carbons (Fsp3) is 0.692. The van der Waals surface area contributed by atoms with Crippen LogP contribution in [-0.2, 0) is 32.5 Å². The summed E-state index contributed by atoms with van der Waals surface area (Å²) in [7, 11) is 2.80. The summed E-state index contributed by atoms with van der Waals surface area (Å²) in [5, 5.41) is 3.11. The van der Waals surface area contributed by atoms with E-state index in [0.717, 1.165) is 19.3 Å². The van der Waals surface area contributed by atoms with Crippen LogP contribution < -0.4 is 10.6 Å². The standard InChI is InChI=1S/C39H64P2/c1-19-37(13,14)27-24-30(38(15,16)20-2)33(31(25-27)39(17,18)21-3)41-40-32-28(35(7,8)9)22-26(34(4,5)6)23-29(32)36(10,11)12/h22-25H,19-21H2,1-18H3. The summed E-state index contributed by atoms with van der Waals surface area (Å²) in [5.74, 6) is 0. The molecule has 0 nitrogen and oxygen atoms in total. The molecule has 0 saturated heterocycles. The van der Waals surface area contributed by atoms with Gasteiger partial charge in [0.15, 0.2) is 0 Å². The Kier molecular flexibility index (Phi) is 10.8. The fourth-order valence-corrected chi connectivity index (χ4v) is 9.23. The predicted molar refractivity (Wildman–Crippen MR) is 192 cm³/mol. The van der Waals surface area contributed by atoms with Gasteiger partial charge in [-0.2, -0.15) is 0 Å². The second kappa shape index (κ2) is 12.2. The first-order valence-corrected chi connectivity index (χ1v) is 18.6. The Morgan fingerprint density at radius 2 is 0.683 bits per heavy atom. The maximum Gasteiger partial charge on any atom is 0.0138 e. The lowest BCUT2D eigenvalue weighted by atomic mass is 9.72. The van der Waals surface area contributed by atoms with Crippen LogP contribution in [0.2, 0.25) is 0 Å². The summed E-state index contributed by atoms with van der Waals surface area (Å²) in [5.41, 5.74) is 9.77. The summed E-state index contributed by atoms with van der Waals surface area (Å²) in [4.78, 5) is 0. The van der Waals surface area contributed by atoms with Crippen molar-refractivity contribution >= 4 is 26.3 Å². The molecule has 0 aliphatic carbocycles. The van der Waals surface area contributed by atoms with Crippen LogP contribution in [0.3, 0.4) is 0 Å². The molecule has 0 amide bonds. The molecule has 0 spiro atoms. The third-order valence-corrected chi connectivity index (χ3v) is 12.8. The average Bonchev–Trinajstić information content (AvgIpc) is 2.84. The van der Waals surface area contributed by atoms with Crippen molar-refractivity contribution in [2.45, 2.75) is 176 Å². The summed E-state index contributed by atoms with van der Waals surface area (Å²) < 4.78 is 0. The molecule has 0 bridgehead atoms. The average molecular weight is 595 g/mol. The zero-order valence-corrected chi connectivity index (χ0v) is 32.1. The van der Waals surface area contributed by atoms with E-state index >= 15 is 0 Å². The summed E-state index contributed by atoms with van der Waals surface area (Å²) in [6.07, 6.45) is 3.41. The van der Waals surface area contributed by atoms with Gasteiger partial charge in [0.2, 0.25) is 0 Å². The highest BCUT2D eigenvalue weighted by Crippen LogP contribution is 2.42. The van der Waals surface area contributed by atoms with Gasteiger partial charge in [0.05, 0.1) is 0 Å². The van der Waals surface area contributed by atoms with Crippen LogP contribution in [0.15, 0.2) is 24.3 Å². The van der Waals surface area contributed by atoms with Gasteiger partial charge in [-0.3, -0.25) is 0 Å². The van der Waals surface area contributed by atoms with Gasteiger partial charge in [-0.25, -0.2) is 0 Å². The van der Waals surface area contributed by atoms with Crippen molar-refractivity contribution in [2.75, 3.05) is 0 Å². The lowest BCUT2D eigenvalue weighted by Crippen LogP contribution is -2.32. The number of rotatable bonds is 8. The molecule has 0 fully saturated rings. The maximum atomic E-state index is 2.60. The second-order valence-electron chi connectivity index (χ2n) is 17.5. The van der Waals surface area contributed by atoms with E-state index in [-0.39, 0.29) is 32.5 Å². The van der Waals surface area contributed by atoms with E-state index < -0.39 is 0 Å². The van der Waals surface area contributed by atoms with Crippen LogP contribution in [0.25, 0.3) is 0 Å². The van der Waals surface area contributed by atoms with Crippen molar-refractivity contribution in [3.8, 4) is 0 Å². The molecule has 0 atom stereocenters. The first-order valence-electron chi connectivity index (χ1n) is 16.1. The molecule has 2 rings (SSSR count). The molecule has 0 N–H and O–H groups in total. The largest absolute Gasteiger partial charge is 0.0646 e. The van der Waals surface area contributed by atoms with Crippen molar-refractivity contribution in [2.24, 2.45) is 0 Å². The maximum absolute atomic E-state index is 2.60. The summed E-state index contributed by atoms with van der Waals surface area (Å²) >= 11 is 0. The number of hydrogen-bond acceptors (Lipinski definition) is 0. The van der Waals surface area contributed by atoms with Gasteiger partial charge in [-0.05, 0) is 101 Å². The van der Waals surface area contributed by atoms with E-state index in [0.29, 0.717) is 0 Å². The van der Waals surface area contributed by atoms with Crippen LogP contribution in [-0.4, -0.2) is 0 Å². The smallest absolute Gasteiger partial charge is 0.0138 e. The lowest BCUT2D eigenvalue weighted by Gasteiger charge is -2.35. The minimum absolute atomic E-state index is 0.0746. The van der Waals surface area contributed by atoms with Crippen LogP contribution in [0.1, 0.15) is 177 Å². The Hall–Kier alpha value is -0.960. The van der Waals surface area contributed by atoms with E-state index in [9.17, 15) is 0 Å². The second-order valence-corrected chi connectivity index (χ2v) is 20.0. The molecular weight excluding hydrogens is 530 g/mol. The van der Waals surface area contributed by atoms with Gasteiger partial charge in [0.1, 0.15) is 0 Å². The van der Waals surface area contributed by atoms with Crippen molar-refractivity contribution in [1.82, 2.24) is 0 Å². The molecule has 0 aliphatic heterocycles. The van der Waals surface area contributed by atoms with E-state index in [4.69, 9.17) is 0 Å². The van der Waals surface area contributed by atoms with Gasteiger partial charge in [0.25, 0.3) is 0 Å². The van der Waals surface area contributed by atoms with E-state index in [1.807, 2.05) is 0 Å². The Balaban J connectivity index is 3.14. The topological polar surface area (TPSA) is 0 Å². The summed E-state index contributed by atoms with van der Waals surface area (Å²) in [6.45, 7) is 43.2. The van der Waals surface area contributed by atoms with Crippen LogP contribution >= 0.6 is 15.7 Å². The molecule has 0 unspecified atom stereocenters. The Labute approximate surface area is 259 Å². The zero-order valence-electron chi connectivity index (χ0n) is 30.3. The van der Waals surface area contributed by atoms with Gasteiger partial charge in [-0.15, -0.1) is 0 Å². The van der Waals surface area contributed by atoms with Crippen LogP contribution in [0.5, 0.6) is 0 Å². The van der Waals surface area contributed by atoms with E-state index in [1.165, 1.54) is 43.3 Å². The third-order valence-electron chi connectivity index (χ3n) is 9.84. The highest BCUT2D eigenvalue weighted by Gasteiger charge is 2.33. The van der Waals surface area contributed by atoms with Crippen LogP contribution in [0.4, 0.5) is 0 Å². The van der Waals surface area contributed by atoms with Gasteiger partial charge in [0, 0.05) is 10.6 Å². The SMILES string of the molecule is CCC(C)(C)c1cc(C(C)(C)CC)c(P=Pc2c(C(C)(C)C)cc(C(C)(C)C)cc2C(C)(C)C)c(C(C)(C)CC)c1. The third kappa shape index (κ3) is 8.16. The number of hydrogen-bond donors (Lipinski definition) is 0. The monoisotopic (exact) mass is 594 g/mol. The van der Waals surface area contributed by atoms with Gasteiger partial charge >= 0.3 is 0 Å². The summed E-state index contributed by atoms with van der Waals surface area (Å²) in [6, 6.07) is 10.3.